The van der Waals surface area contributed by atoms with Crippen molar-refractivity contribution in [2.45, 2.75) is 26.7 Å². The monoisotopic (exact) mass is 134 g/mol. The van der Waals surface area contributed by atoms with Crippen LogP contribution in [-0.4, -0.2) is 0 Å². The summed E-state index contributed by atoms with van der Waals surface area (Å²) in [6.07, 6.45) is 10.9. The van der Waals surface area contributed by atoms with Gasteiger partial charge in [0.1, 0.15) is 0 Å². The molecule has 0 saturated heterocycles. The highest BCUT2D eigenvalue weighted by molar-refractivity contribution is 5.31. The zero-order valence-electron chi connectivity index (χ0n) is 6.72. The molecule has 0 heterocycles. The molecule has 0 atom stereocenters. The first kappa shape index (κ1) is 7.33. The van der Waals surface area contributed by atoms with E-state index in [0.717, 1.165) is 12.8 Å². The zero-order chi connectivity index (χ0) is 7.40. The summed E-state index contributed by atoms with van der Waals surface area (Å²) in [5, 5.41) is 0. The Balaban J connectivity index is 2.82. The number of rotatable bonds is 1. The van der Waals surface area contributed by atoms with E-state index in [0.29, 0.717) is 0 Å². The highest BCUT2D eigenvalue weighted by Gasteiger charge is 1.95. The van der Waals surface area contributed by atoms with Crippen molar-refractivity contribution in [3.63, 3.8) is 0 Å². The fourth-order valence-corrected chi connectivity index (χ4v) is 1.19. The lowest BCUT2D eigenvalue weighted by molar-refractivity contribution is 1.07. The Morgan fingerprint density at radius 1 is 1.40 bits per heavy atom. The van der Waals surface area contributed by atoms with Crippen molar-refractivity contribution in [1.29, 1.82) is 0 Å². The summed E-state index contributed by atoms with van der Waals surface area (Å²) in [4.78, 5) is 0. The molecule has 0 bridgehead atoms. The summed E-state index contributed by atoms with van der Waals surface area (Å²) < 4.78 is 0. The molecule has 0 N–H and O–H groups in total. The predicted octanol–water partition coefficient (Wildman–Crippen LogP) is 3.23. The van der Waals surface area contributed by atoms with Crippen LogP contribution in [0.1, 0.15) is 26.7 Å². The van der Waals surface area contributed by atoms with Gasteiger partial charge < -0.3 is 0 Å². The van der Waals surface area contributed by atoms with Crippen molar-refractivity contribution in [2.24, 2.45) is 0 Å². The van der Waals surface area contributed by atoms with Crippen LogP contribution in [0, 0.1) is 0 Å². The Morgan fingerprint density at radius 2 is 2.20 bits per heavy atom. The van der Waals surface area contributed by atoms with Gasteiger partial charge in [0.15, 0.2) is 0 Å². The van der Waals surface area contributed by atoms with Crippen molar-refractivity contribution >= 4 is 0 Å². The average Bonchev–Trinajstić information content (AvgIpc) is 2.13. The molecule has 54 valence electrons. The summed E-state index contributed by atoms with van der Waals surface area (Å²) in [6, 6.07) is 0. The molecule has 1 aliphatic rings. The lowest BCUT2D eigenvalue weighted by atomic mass is 10.1. The van der Waals surface area contributed by atoms with Gasteiger partial charge in [0.05, 0.1) is 0 Å². The van der Waals surface area contributed by atoms with E-state index in [2.05, 4.69) is 38.2 Å². The Morgan fingerprint density at radius 3 is 2.90 bits per heavy atom. The van der Waals surface area contributed by atoms with Crippen molar-refractivity contribution in [3.05, 3.63) is 35.5 Å². The standard InChI is InChI=1S/C10H14/c1-3-10-8-6-4-5-7-9(10)2/h4-6,8H,3,7H2,1-2H3. The van der Waals surface area contributed by atoms with Crippen molar-refractivity contribution in [2.75, 3.05) is 0 Å². The highest BCUT2D eigenvalue weighted by atomic mass is 14.0. The maximum atomic E-state index is 2.21. The van der Waals surface area contributed by atoms with E-state index in [1.165, 1.54) is 11.1 Å². The van der Waals surface area contributed by atoms with Crippen molar-refractivity contribution < 1.29 is 0 Å². The van der Waals surface area contributed by atoms with Crippen LogP contribution in [0.15, 0.2) is 35.5 Å². The summed E-state index contributed by atoms with van der Waals surface area (Å²) in [5.41, 5.74) is 3.00. The van der Waals surface area contributed by atoms with Gasteiger partial charge in [-0.3, -0.25) is 0 Å². The summed E-state index contributed by atoms with van der Waals surface area (Å²) >= 11 is 0. The second-order valence-corrected chi connectivity index (χ2v) is 2.65. The van der Waals surface area contributed by atoms with Crippen LogP contribution < -0.4 is 0 Å². The van der Waals surface area contributed by atoms with Gasteiger partial charge in [0.2, 0.25) is 0 Å². The van der Waals surface area contributed by atoms with Gasteiger partial charge in [0, 0.05) is 0 Å². The molecular weight excluding hydrogens is 120 g/mol. The van der Waals surface area contributed by atoms with Crippen LogP contribution in [-0.2, 0) is 0 Å². The minimum Gasteiger partial charge on any atom is -0.0805 e. The third-order valence-corrected chi connectivity index (χ3v) is 1.90. The van der Waals surface area contributed by atoms with Crippen LogP contribution in [0.25, 0.3) is 0 Å². The maximum Gasteiger partial charge on any atom is -0.0133 e. The molecule has 10 heavy (non-hydrogen) atoms. The van der Waals surface area contributed by atoms with Gasteiger partial charge >= 0.3 is 0 Å². The molecule has 0 nitrogen and oxygen atoms in total. The second kappa shape index (κ2) is 3.40. The molecule has 0 aromatic heterocycles. The zero-order valence-corrected chi connectivity index (χ0v) is 6.72. The van der Waals surface area contributed by atoms with Gasteiger partial charge in [-0.2, -0.15) is 0 Å². The topological polar surface area (TPSA) is 0 Å². The van der Waals surface area contributed by atoms with Gasteiger partial charge in [-0.05, 0) is 25.3 Å². The van der Waals surface area contributed by atoms with Gasteiger partial charge in [-0.15, -0.1) is 0 Å². The minimum absolute atomic E-state index is 1.12. The molecule has 0 unspecified atom stereocenters. The minimum atomic E-state index is 1.12. The third-order valence-electron chi connectivity index (χ3n) is 1.90. The van der Waals surface area contributed by atoms with E-state index in [-0.39, 0.29) is 0 Å². The van der Waals surface area contributed by atoms with Crippen LogP contribution in [0.5, 0.6) is 0 Å². The molecule has 0 aromatic rings. The van der Waals surface area contributed by atoms with Crippen LogP contribution in [0.2, 0.25) is 0 Å². The predicted molar refractivity (Wildman–Crippen MR) is 45.9 cm³/mol. The quantitative estimate of drug-likeness (QED) is 0.516. The molecule has 0 spiro atoms. The molecule has 0 aromatic carbocycles. The molecule has 0 amide bonds. The highest BCUT2D eigenvalue weighted by Crippen LogP contribution is 2.16. The van der Waals surface area contributed by atoms with Gasteiger partial charge in [-0.1, -0.05) is 36.8 Å². The summed E-state index contributed by atoms with van der Waals surface area (Å²) in [6.45, 7) is 4.41. The second-order valence-electron chi connectivity index (χ2n) is 2.65. The summed E-state index contributed by atoms with van der Waals surface area (Å²) in [7, 11) is 0. The first-order chi connectivity index (χ1) is 4.84. The SMILES string of the molecule is CCC1=C(C)CC=CC=C1. The van der Waals surface area contributed by atoms with Gasteiger partial charge in [-0.25, -0.2) is 0 Å². The Labute approximate surface area is 62.9 Å². The van der Waals surface area contributed by atoms with E-state index in [4.69, 9.17) is 0 Å². The first-order valence-corrected chi connectivity index (χ1v) is 3.86. The molecular formula is C10H14. The number of allylic oxidation sites excluding steroid dienone is 6. The smallest absolute Gasteiger partial charge is 0.0133 e. The molecule has 0 saturated carbocycles. The van der Waals surface area contributed by atoms with Crippen molar-refractivity contribution in [3.8, 4) is 0 Å². The molecule has 0 radical (unpaired) electrons. The normalized spacial score (nSPS) is 17.8. The first-order valence-electron chi connectivity index (χ1n) is 3.86. The molecule has 1 rings (SSSR count). The lowest BCUT2D eigenvalue weighted by Gasteiger charge is -2.00. The fourth-order valence-electron chi connectivity index (χ4n) is 1.19. The number of hydrogen-bond donors (Lipinski definition) is 0. The van der Waals surface area contributed by atoms with Gasteiger partial charge in [0.25, 0.3) is 0 Å². The Kier molecular flexibility index (Phi) is 2.49. The molecule has 0 heteroatoms. The lowest BCUT2D eigenvalue weighted by Crippen LogP contribution is -1.80. The van der Waals surface area contributed by atoms with Crippen LogP contribution >= 0.6 is 0 Å². The summed E-state index contributed by atoms with van der Waals surface area (Å²) in [5.74, 6) is 0. The van der Waals surface area contributed by atoms with E-state index in [9.17, 15) is 0 Å². The maximum absolute atomic E-state index is 2.21. The average molecular weight is 134 g/mol. The third kappa shape index (κ3) is 1.60. The Hall–Kier alpha value is -0.780. The molecule has 1 aliphatic carbocycles. The molecule has 0 aliphatic heterocycles. The molecule has 0 fully saturated rings. The van der Waals surface area contributed by atoms with E-state index < -0.39 is 0 Å². The van der Waals surface area contributed by atoms with Crippen LogP contribution in [0.3, 0.4) is 0 Å². The largest absolute Gasteiger partial charge is 0.0805 e. The number of hydrogen-bond acceptors (Lipinski definition) is 0. The van der Waals surface area contributed by atoms with E-state index >= 15 is 0 Å². The fraction of sp³-hybridized carbons (Fsp3) is 0.400. The Bertz CT molecular complexity index is 192. The van der Waals surface area contributed by atoms with E-state index in [1.807, 2.05) is 0 Å². The van der Waals surface area contributed by atoms with E-state index in [1.54, 1.807) is 0 Å². The van der Waals surface area contributed by atoms with Crippen molar-refractivity contribution in [1.82, 2.24) is 0 Å². The van der Waals surface area contributed by atoms with Crippen LogP contribution in [0.4, 0.5) is 0 Å².